The van der Waals surface area contributed by atoms with E-state index in [1.807, 2.05) is 18.2 Å². The van der Waals surface area contributed by atoms with Gasteiger partial charge in [0.05, 0.1) is 0 Å². The minimum Gasteiger partial charge on any atom is -0.298 e. The molecule has 0 fully saturated rings. The number of carbonyl (C=O) groups excluding carboxylic acids is 1. The Morgan fingerprint density at radius 1 is 1.05 bits per heavy atom. The summed E-state index contributed by atoms with van der Waals surface area (Å²) in [5.74, 6) is 0.555. The van der Waals surface area contributed by atoms with E-state index >= 15 is 0 Å². The maximum atomic E-state index is 10.7. The van der Waals surface area contributed by atoms with Crippen LogP contribution in [0, 0.1) is 0 Å². The summed E-state index contributed by atoms with van der Waals surface area (Å²) in [5.41, 5.74) is 2.09. The highest BCUT2D eigenvalue weighted by Crippen LogP contribution is 2.26. The van der Waals surface area contributed by atoms with Crippen LogP contribution in [0.4, 0.5) is 0 Å². The zero-order valence-corrected chi connectivity index (χ0v) is 12.8. The average Bonchev–Trinajstić information content (AvgIpc) is 2.50. The molecule has 0 amide bonds. The second kappa shape index (κ2) is 10.4. The van der Waals surface area contributed by atoms with Crippen molar-refractivity contribution in [2.45, 2.75) is 64.2 Å². The number of benzene rings is 1. The second-order valence-electron chi connectivity index (χ2n) is 5.56. The van der Waals surface area contributed by atoms with Crippen LogP contribution in [0.5, 0.6) is 0 Å². The molecule has 0 aliphatic heterocycles. The van der Waals surface area contributed by atoms with Gasteiger partial charge >= 0.3 is 0 Å². The third-order valence-corrected chi connectivity index (χ3v) is 3.90. The van der Waals surface area contributed by atoms with Crippen LogP contribution in [0.25, 0.3) is 0 Å². The predicted molar refractivity (Wildman–Crippen MR) is 87.4 cm³/mol. The van der Waals surface area contributed by atoms with Gasteiger partial charge in [-0.05, 0) is 24.3 Å². The van der Waals surface area contributed by atoms with Crippen LogP contribution >= 0.6 is 0 Å². The highest BCUT2D eigenvalue weighted by atomic mass is 16.1. The average molecular weight is 272 g/mol. The number of carbonyl (C=O) groups is 1. The molecule has 0 saturated carbocycles. The van der Waals surface area contributed by atoms with Gasteiger partial charge in [0.15, 0.2) is 0 Å². The molecule has 1 unspecified atom stereocenters. The molecule has 1 heteroatoms. The number of rotatable bonds is 11. The van der Waals surface area contributed by atoms with Gasteiger partial charge in [-0.25, -0.2) is 0 Å². The number of hydrogen-bond acceptors (Lipinski definition) is 1. The molecule has 0 aliphatic rings. The Morgan fingerprint density at radius 2 is 1.70 bits per heavy atom. The van der Waals surface area contributed by atoms with E-state index in [0.29, 0.717) is 5.92 Å². The molecule has 20 heavy (non-hydrogen) atoms. The maximum absolute atomic E-state index is 10.7. The van der Waals surface area contributed by atoms with E-state index < -0.39 is 0 Å². The lowest BCUT2D eigenvalue weighted by Gasteiger charge is -2.15. The van der Waals surface area contributed by atoms with Gasteiger partial charge in [-0.1, -0.05) is 75.8 Å². The van der Waals surface area contributed by atoms with E-state index in [-0.39, 0.29) is 0 Å². The van der Waals surface area contributed by atoms with Crippen molar-refractivity contribution in [1.29, 1.82) is 0 Å². The van der Waals surface area contributed by atoms with Gasteiger partial charge in [-0.2, -0.15) is 0 Å². The van der Waals surface area contributed by atoms with Crippen molar-refractivity contribution in [3.05, 3.63) is 48.0 Å². The lowest BCUT2D eigenvalue weighted by atomic mass is 9.89. The van der Waals surface area contributed by atoms with Gasteiger partial charge in [0.1, 0.15) is 6.29 Å². The molecule has 1 rings (SSSR count). The molecular formula is C19H28O. The minimum atomic E-state index is 0.555. The SMILES string of the molecule is C=CCC(CCCCCCCC)c1ccc(C=O)cc1. The summed E-state index contributed by atoms with van der Waals surface area (Å²) in [6.45, 7) is 6.13. The Bertz CT molecular complexity index is 377. The molecule has 0 aromatic heterocycles. The van der Waals surface area contributed by atoms with Crippen molar-refractivity contribution < 1.29 is 4.79 Å². The van der Waals surface area contributed by atoms with Crippen molar-refractivity contribution >= 4 is 6.29 Å². The molecule has 0 saturated heterocycles. The van der Waals surface area contributed by atoms with Crippen LogP contribution in [0.2, 0.25) is 0 Å². The van der Waals surface area contributed by atoms with E-state index in [2.05, 4.69) is 25.6 Å². The van der Waals surface area contributed by atoms with Gasteiger partial charge < -0.3 is 0 Å². The smallest absolute Gasteiger partial charge is 0.150 e. The monoisotopic (exact) mass is 272 g/mol. The molecule has 1 nitrogen and oxygen atoms in total. The Kier molecular flexibility index (Phi) is 8.69. The van der Waals surface area contributed by atoms with E-state index in [0.717, 1.165) is 18.3 Å². The van der Waals surface area contributed by atoms with Crippen LogP contribution in [0.15, 0.2) is 36.9 Å². The molecule has 0 heterocycles. The lowest BCUT2D eigenvalue weighted by molar-refractivity contribution is 0.112. The molecule has 110 valence electrons. The Hall–Kier alpha value is -1.37. The van der Waals surface area contributed by atoms with Gasteiger partial charge in [-0.3, -0.25) is 4.79 Å². The summed E-state index contributed by atoms with van der Waals surface area (Å²) in [5, 5.41) is 0. The molecule has 0 N–H and O–H groups in total. The van der Waals surface area contributed by atoms with Crippen LogP contribution < -0.4 is 0 Å². The first-order chi connectivity index (χ1) is 9.81. The standard InChI is InChI=1S/C19H28O/c1-3-5-6-7-8-9-11-18(10-4-2)19-14-12-17(16-20)13-15-19/h4,12-16,18H,2-3,5-11H2,1H3. The predicted octanol–water partition coefficient (Wildman–Crippen LogP) is 5.91. The van der Waals surface area contributed by atoms with E-state index in [1.54, 1.807) is 0 Å². The maximum Gasteiger partial charge on any atom is 0.150 e. The first-order valence-electron chi connectivity index (χ1n) is 7.97. The molecule has 0 bridgehead atoms. The minimum absolute atomic E-state index is 0.555. The molecular weight excluding hydrogens is 244 g/mol. The Balaban J connectivity index is 2.42. The molecule has 1 atom stereocenters. The summed E-state index contributed by atoms with van der Waals surface area (Å²) in [4.78, 5) is 10.7. The summed E-state index contributed by atoms with van der Waals surface area (Å²) >= 11 is 0. The van der Waals surface area contributed by atoms with Gasteiger partial charge in [0.25, 0.3) is 0 Å². The number of allylic oxidation sites excluding steroid dienone is 1. The van der Waals surface area contributed by atoms with E-state index in [4.69, 9.17) is 0 Å². The molecule has 0 aliphatic carbocycles. The quantitative estimate of drug-likeness (QED) is 0.278. The highest BCUT2D eigenvalue weighted by molar-refractivity contribution is 5.74. The summed E-state index contributed by atoms with van der Waals surface area (Å²) in [6, 6.07) is 8.02. The van der Waals surface area contributed by atoms with E-state index in [9.17, 15) is 4.79 Å². The number of hydrogen-bond donors (Lipinski definition) is 0. The third-order valence-electron chi connectivity index (χ3n) is 3.90. The molecule has 1 aromatic rings. The lowest BCUT2D eigenvalue weighted by Crippen LogP contribution is -1.98. The van der Waals surface area contributed by atoms with Crippen LogP contribution in [-0.2, 0) is 0 Å². The largest absolute Gasteiger partial charge is 0.298 e. The molecule has 0 radical (unpaired) electrons. The zero-order chi connectivity index (χ0) is 14.6. The number of unbranched alkanes of at least 4 members (excludes halogenated alkanes) is 5. The van der Waals surface area contributed by atoms with Gasteiger partial charge in [-0.15, -0.1) is 6.58 Å². The first-order valence-corrected chi connectivity index (χ1v) is 7.97. The van der Waals surface area contributed by atoms with Crippen LogP contribution in [-0.4, -0.2) is 6.29 Å². The fraction of sp³-hybridized carbons (Fsp3) is 0.526. The van der Waals surface area contributed by atoms with Crippen molar-refractivity contribution in [2.24, 2.45) is 0 Å². The normalized spacial score (nSPS) is 12.1. The fourth-order valence-electron chi connectivity index (χ4n) is 2.64. The first kappa shape index (κ1) is 16.7. The van der Waals surface area contributed by atoms with E-state index in [1.165, 1.54) is 50.5 Å². The summed E-state index contributed by atoms with van der Waals surface area (Å²) in [6.07, 6.45) is 13.2. The molecule has 1 aromatic carbocycles. The third kappa shape index (κ3) is 6.18. The van der Waals surface area contributed by atoms with Crippen molar-refractivity contribution in [3.8, 4) is 0 Å². The molecule has 0 spiro atoms. The van der Waals surface area contributed by atoms with Crippen LogP contribution in [0.3, 0.4) is 0 Å². The summed E-state index contributed by atoms with van der Waals surface area (Å²) in [7, 11) is 0. The van der Waals surface area contributed by atoms with Crippen molar-refractivity contribution in [1.82, 2.24) is 0 Å². The summed E-state index contributed by atoms with van der Waals surface area (Å²) < 4.78 is 0. The Morgan fingerprint density at radius 3 is 2.30 bits per heavy atom. The number of aldehydes is 1. The van der Waals surface area contributed by atoms with Crippen LogP contribution in [0.1, 0.15) is 80.1 Å². The fourth-order valence-corrected chi connectivity index (χ4v) is 2.64. The van der Waals surface area contributed by atoms with Gasteiger partial charge in [0.2, 0.25) is 0 Å². The topological polar surface area (TPSA) is 17.1 Å². The second-order valence-corrected chi connectivity index (χ2v) is 5.56. The Labute approximate surface area is 124 Å². The zero-order valence-electron chi connectivity index (χ0n) is 12.8. The van der Waals surface area contributed by atoms with Crippen molar-refractivity contribution in [2.75, 3.05) is 0 Å². The van der Waals surface area contributed by atoms with Crippen molar-refractivity contribution in [3.63, 3.8) is 0 Å². The highest BCUT2D eigenvalue weighted by Gasteiger charge is 2.09. The van der Waals surface area contributed by atoms with Gasteiger partial charge in [0, 0.05) is 5.56 Å².